The SMILES string of the molecule is CCCCCCCCCCCCCCCCCCCCCC(=O)NC(C)[N+]1=C(CCCCCCCCCCCCCCCCCC)NCC1. The predicted molar refractivity (Wildman–Crippen MR) is 218 cm³/mol. The molecule has 2 N–H and O–H groups in total. The second kappa shape index (κ2) is 36.7. The summed E-state index contributed by atoms with van der Waals surface area (Å²) in [6.45, 7) is 8.78. The van der Waals surface area contributed by atoms with Crippen molar-refractivity contribution in [2.24, 2.45) is 0 Å². The average molecular weight is 689 g/mol. The zero-order valence-electron chi connectivity index (χ0n) is 34.0. The first-order valence-electron chi connectivity index (χ1n) is 22.8. The third-order valence-corrected chi connectivity index (χ3v) is 11.1. The Hall–Kier alpha value is -1.06. The monoisotopic (exact) mass is 689 g/mol. The van der Waals surface area contributed by atoms with Crippen LogP contribution in [0.25, 0.3) is 0 Å². The molecule has 49 heavy (non-hydrogen) atoms. The molecule has 0 aromatic carbocycles. The Bertz CT molecular complexity index is 735. The van der Waals surface area contributed by atoms with Crippen LogP contribution < -0.4 is 10.6 Å². The van der Waals surface area contributed by atoms with Crippen LogP contribution in [0.2, 0.25) is 0 Å². The molecule has 4 heteroatoms. The van der Waals surface area contributed by atoms with Crippen molar-refractivity contribution in [1.29, 1.82) is 0 Å². The molecule has 0 saturated heterocycles. The number of amides is 1. The summed E-state index contributed by atoms with van der Waals surface area (Å²) in [5.74, 6) is 1.58. The van der Waals surface area contributed by atoms with Crippen molar-refractivity contribution >= 4 is 11.7 Å². The quantitative estimate of drug-likeness (QED) is 0.0499. The van der Waals surface area contributed by atoms with Gasteiger partial charge < -0.3 is 5.32 Å². The highest BCUT2D eigenvalue weighted by molar-refractivity contribution is 5.79. The van der Waals surface area contributed by atoms with E-state index in [-0.39, 0.29) is 12.1 Å². The Morgan fingerprint density at radius 2 is 0.816 bits per heavy atom. The molecular formula is C45H90N3O+. The van der Waals surface area contributed by atoms with E-state index in [1.807, 2.05) is 0 Å². The second-order valence-corrected chi connectivity index (χ2v) is 16.0. The van der Waals surface area contributed by atoms with Crippen LogP contribution in [0, 0.1) is 0 Å². The summed E-state index contributed by atoms with van der Waals surface area (Å²) in [6.07, 6.45) is 50.9. The van der Waals surface area contributed by atoms with Crippen molar-refractivity contribution < 1.29 is 9.37 Å². The van der Waals surface area contributed by atoms with E-state index in [1.54, 1.807) is 0 Å². The average Bonchev–Trinajstić information content (AvgIpc) is 3.58. The second-order valence-electron chi connectivity index (χ2n) is 16.0. The summed E-state index contributed by atoms with van der Waals surface area (Å²) in [7, 11) is 0. The summed E-state index contributed by atoms with van der Waals surface area (Å²) in [5, 5.41) is 6.90. The molecule has 0 spiro atoms. The fraction of sp³-hybridized carbons (Fsp3) is 0.956. The van der Waals surface area contributed by atoms with Crippen LogP contribution in [0.15, 0.2) is 0 Å². The highest BCUT2D eigenvalue weighted by atomic mass is 16.1. The standard InChI is InChI=1S/C45H89N3O/c1-4-6-8-10-12-14-16-18-20-22-23-24-26-28-30-32-34-36-38-40-45(49)47-43(3)48-42-41-46-44(48)39-37-35-33-31-29-27-25-21-19-17-15-13-11-9-7-5-2/h43H,4-42H2,1-3H3,(H,47,49)/p+1. The number of hydrogen-bond acceptors (Lipinski definition) is 2. The van der Waals surface area contributed by atoms with E-state index in [9.17, 15) is 4.79 Å². The molecule has 0 radical (unpaired) electrons. The zero-order valence-corrected chi connectivity index (χ0v) is 34.0. The lowest BCUT2D eigenvalue weighted by Gasteiger charge is -2.15. The molecule has 0 saturated carbocycles. The van der Waals surface area contributed by atoms with Crippen LogP contribution in [0.4, 0.5) is 0 Å². The molecule has 0 aromatic heterocycles. The molecule has 290 valence electrons. The first-order valence-corrected chi connectivity index (χ1v) is 22.8. The number of amidine groups is 1. The molecule has 1 unspecified atom stereocenters. The van der Waals surface area contributed by atoms with Gasteiger partial charge in [-0.25, -0.2) is 4.58 Å². The lowest BCUT2D eigenvalue weighted by molar-refractivity contribution is -0.558. The maximum absolute atomic E-state index is 12.6. The predicted octanol–water partition coefficient (Wildman–Crippen LogP) is 13.9. The minimum Gasteiger partial charge on any atom is -0.318 e. The van der Waals surface area contributed by atoms with Crippen molar-refractivity contribution in [3.8, 4) is 0 Å². The summed E-state index contributed by atoms with van der Waals surface area (Å²) >= 11 is 0. The first kappa shape index (κ1) is 46.0. The Kier molecular flexibility index (Phi) is 34.4. The van der Waals surface area contributed by atoms with Gasteiger partial charge in [0, 0.05) is 12.8 Å². The minimum absolute atomic E-state index is 0.0962. The summed E-state index contributed by atoms with van der Waals surface area (Å²) in [4.78, 5) is 12.6. The van der Waals surface area contributed by atoms with E-state index >= 15 is 0 Å². The van der Waals surface area contributed by atoms with Gasteiger partial charge >= 0.3 is 0 Å². The number of carbonyl (C=O) groups is 1. The highest BCUT2D eigenvalue weighted by Crippen LogP contribution is 2.16. The maximum Gasteiger partial charge on any atom is 0.246 e. The third-order valence-electron chi connectivity index (χ3n) is 11.1. The van der Waals surface area contributed by atoms with Crippen LogP contribution >= 0.6 is 0 Å². The minimum atomic E-state index is 0.0962. The van der Waals surface area contributed by atoms with Gasteiger partial charge in [0.1, 0.15) is 13.1 Å². The molecule has 1 aliphatic rings. The smallest absolute Gasteiger partial charge is 0.246 e. The van der Waals surface area contributed by atoms with Gasteiger partial charge in [-0.2, -0.15) is 0 Å². The van der Waals surface area contributed by atoms with Crippen LogP contribution in [0.3, 0.4) is 0 Å². The normalized spacial score (nSPS) is 13.7. The lowest BCUT2D eigenvalue weighted by atomic mass is 10.0. The van der Waals surface area contributed by atoms with Gasteiger partial charge in [0.25, 0.3) is 0 Å². The van der Waals surface area contributed by atoms with Crippen LogP contribution in [0.1, 0.15) is 258 Å². The molecule has 1 heterocycles. The van der Waals surface area contributed by atoms with E-state index in [2.05, 4.69) is 36.0 Å². The summed E-state index contributed by atoms with van der Waals surface area (Å²) in [5.41, 5.74) is 0. The molecule has 1 amide bonds. The van der Waals surface area contributed by atoms with E-state index in [1.165, 1.54) is 224 Å². The molecule has 1 atom stereocenters. The van der Waals surface area contributed by atoms with Crippen molar-refractivity contribution in [2.45, 2.75) is 265 Å². The number of nitrogens with zero attached hydrogens (tertiary/aromatic N) is 1. The molecule has 0 bridgehead atoms. The van der Waals surface area contributed by atoms with Gasteiger partial charge in [0.05, 0.1) is 0 Å². The summed E-state index contributed by atoms with van der Waals surface area (Å²) in [6, 6.07) is 0. The van der Waals surface area contributed by atoms with E-state index < -0.39 is 0 Å². The van der Waals surface area contributed by atoms with Gasteiger partial charge in [0.2, 0.25) is 11.7 Å². The van der Waals surface area contributed by atoms with Crippen molar-refractivity contribution in [3.05, 3.63) is 0 Å². The van der Waals surface area contributed by atoms with Crippen molar-refractivity contribution in [1.82, 2.24) is 10.6 Å². The zero-order chi connectivity index (χ0) is 35.3. The Morgan fingerprint density at radius 3 is 1.16 bits per heavy atom. The number of hydrogen-bond donors (Lipinski definition) is 2. The van der Waals surface area contributed by atoms with Gasteiger partial charge in [-0.1, -0.05) is 226 Å². The molecule has 4 nitrogen and oxygen atoms in total. The number of unbranched alkanes of at least 4 members (excludes halogenated alkanes) is 33. The highest BCUT2D eigenvalue weighted by Gasteiger charge is 2.25. The van der Waals surface area contributed by atoms with E-state index in [0.29, 0.717) is 6.42 Å². The largest absolute Gasteiger partial charge is 0.318 e. The molecule has 1 rings (SSSR count). The van der Waals surface area contributed by atoms with Crippen molar-refractivity contribution in [3.63, 3.8) is 0 Å². The molecule has 0 aromatic rings. The van der Waals surface area contributed by atoms with Gasteiger partial charge in [-0.3, -0.25) is 10.1 Å². The Balaban J connectivity index is 1.91. The molecule has 1 aliphatic heterocycles. The summed E-state index contributed by atoms with van der Waals surface area (Å²) < 4.78 is 2.40. The van der Waals surface area contributed by atoms with E-state index in [0.717, 1.165) is 25.9 Å². The number of nitrogens with one attached hydrogen (secondary N) is 2. The van der Waals surface area contributed by atoms with E-state index in [4.69, 9.17) is 0 Å². The molecule has 0 aliphatic carbocycles. The van der Waals surface area contributed by atoms with Crippen LogP contribution in [-0.2, 0) is 4.79 Å². The van der Waals surface area contributed by atoms with Crippen LogP contribution in [0.5, 0.6) is 0 Å². The van der Waals surface area contributed by atoms with Crippen LogP contribution in [-0.4, -0.2) is 35.6 Å². The topological polar surface area (TPSA) is 44.1 Å². The Morgan fingerprint density at radius 1 is 0.510 bits per heavy atom. The van der Waals surface area contributed by atoms with Gasteiger partial charge in [-0.15, -0.1) is 0 Å². The van der Waals surface area contributed by atoms with Gasteiger partial charge in [-0.05, 0) is 19.8 Å². The first-order chi connectivity index (χ1) is 24.2. The molecular weight excluding hydrogens is 599 g/mol. The number of carbonyl (C=O) groups excluding carboxylic acids is 1. The lowest BCUT2D eigenvalue weighted by Crippen LogP contribution is -2.42. The third kappa shape index (κ3) is 30.3. The van der Waals surface area contributed by atoms with Crippen molar-refractivity contribution in [2.75, 3.05) is 13.1 Å². The Labute approximate surface area is 308 Å². The fourth-order valence-corrected chi connectivity index (χ4v) is 7.80. The van der Waals surface area contributed by atoms with Gasteiger partial charge in [0.15, 0.2) is 6.17 Å². The fourth-order valence-electron chi connectivity index (χ4n) is 7.80. The maximum atomic E-state index is 12.6. The molecule has 0 fully saturated rings. The number of rotatable bonds is 39.